The summed E-state index contributed by atoms with van der Waals surface area (Å²) < 4.78 is 26.1. The van der Waals surface area contributed by atoms with E-state index < -0.39 is 28.5 Å². The predicted octanol–water partition coefficient (Wildman–Crippen LogP) is 5.01. The van der Waals surface area contributed by atoms with Crippen LogP contribution in [0.4, 0.5) is 5.69 Å². The highest BCUT2D eigenvalue weighted by molar-refractivity contribution is 7.92. The molecule has 0 unspecified atom stereocenters. The van der Waals surface area contributed by atoms with Gasteiger partial charge >= 0.3 is 0 Å². The molecule has 0 heterocycles. The molecule has 0 saturated heterocycles. The van der Waals surface area contributed by atoms with Crippen LogP contribution in [-0.2, 0) is 26.2 Å². The van der Waals surface area contributed by atoms with Gasteiger partial charge in [-0.2, -0.15) is 0 Å². The number of anilines is 1. The number of nitrogens with zero attached hydrogens (tertiary/aromatic N) is 2. The molecule has 0 radical (unpaired) electrons. The van der Waals surface area contributed by atoms with Gasteiger partial charge in [-0.05, 0) is 49.2 Å². The Morgan fingerprint density at radius 3 is 2.18 bits per heavy atom. The van der Waals surface area contributed by atoms with Crippen molar-refractivity contribution in [1.82, 2.24) is 10.2 Å². The van der Waals surface area contributed by atoms with Crippen molar-refractivity contribution in [3.63, 3.8) is 0 Å². The number of hydrogen-bond acceptors (Lipinski definition) is 4. The van der Waals surface area contributed by atoms with Crippen molar-refractivity contribution in [2.75, 3.05) is 23.7 Å². The molecule has 0 spiro atoms. The number of carbonyl (C=O) groups excluding carboxylic acids is 2. The zero-order chi connectivity index (χ0) is 25.6. The quantitative estimate of drug-likeness (QED) is 0.436. The van der Waals surface area contributed by atoms with Crippen LogP contribution in [0.25, 0.3) is 0 Å². The summed E-state index contributed by atoms with van der Waals surface area (Å²) in [6.07, 6.45) is 1.27. The minimum atomic E-state index is -3.91. The fraction of sp³-hybridized carbons (Fsp3) is 0.364. The van der Waals surface area contributed by atoms with Crippen LogP contribution in [0.15, 0.2) is 36.4 Å². The molecule has 0 bridgehead atoms. The summed E-state index contributed by atoms with van der Waals surface area (Å²) >= 11 is 24.3. The third kappa shape index (κ3) is 7.39. The maximum absolute atomic E-state index is 13.5. The molecule has 12 heteroatoms. The number of halogens is 4. The summed E-state index contributed by atoms with van der Waals surface area (Å²) in [6.45, 7) is 3.35. The number of hydrogen-bond donors (Lipinski definition) is 1. The Hall–Kier alpha value is -1.71. The van der Waals surface area contributed by atoms with Gasteiger partial charge in [-0.25, -0.2) is 8.42 Å². The molecule has 1 N–H and O–H groups in total. The van der Waals surface area contributed by atoms with Crippen molar-refractivity contribution in [2.24, 2.45) is 0 Å². The monoisotopic (exact) mass is 567 g/mol. The van der Waals surface area contributed by atoms with Gasteiger partial charge in [-0.3, -0.25) is 13.9 Å². The fourth-order valence-electron chi connectivity index (χ4n) is 3.32. The molecule has 0 aliphatic carbocycles. The molecule has 34 heavy (non-hydrogen) atoms. The number of amides is 2. The molecule has 2 aromatic carbocycles. The van der Waals surface area contributed by atoms with E-state index in [1.165, 1.54) is 23.1 Å². The Bertz CT molecular complexity index is 1160. The first-order chi connectivity index (χ1) is 15.9. The topological polar surface area (TPSA) is 86.8 Å². The summed E-state index contributed by atoms with van der Waals surface area (Å²) in [5, 5.41) is 3.75. The van der Waals surface area contributed by atoms with E-state index in [4.69, 9.17) is 46.4 Å². The van der Waals surface area contributed by atoms with Crippen LogP contribution < -0.4 is 9.62 Å². The molecule has 2 amide bonds. The van der Waals surface area contributed by atoms with E-state index in [0.29, 0.717) is 33.6 Å². The molecule has 0 fully saturated rings. The minimum absolute atomic E-state index is 0.0112. The molecule has 2 aromatic rings. The van der Waals surface area contributed by atoms with Gasteiger partial charge in [0.15, 0.2) is 0 Å². The van der Waals surface area contributed by atoms with Gasteiger partial charge in [0.1, 0.15) is 12.6 Å². The molecule has 0 aliphatic heterocycles. The van der Waals surface area contributed by atoms with E-state index in [-0.39, 0.29) is 23.2 Å². The molecule has 1 atom stereocenters. The second-order valence-electron chi connectivity index (χ2n) is 7.45. The first-order valence-corrected chi connectivity index (χ1v) is 13.7. The summed E-state index contributed by atoms with van der Waals surface area (Å²) in [5.41, 5.74) is 0.725. The van der Waals surface area contributed by atoms with Crippen molar-refractivity contribution in [3.05, 3.63) is 62.1 Å². The minimum Gasteiger partial charge on any atom is -0.355 e. The van der Waals surface area contributed by atoms with E-state index in [1.807, 2.05) is 0 Å². The Labute approximate surface area is 220 Å². The lowest BCUT2D eigenvalue weighted by atomic mass is 10.1. The van der Waals surface area contributed by atoms with Crippen molar-refractivity contribution in [1.29, 1.82) is 0 Å². The maximum Gasteiger partial charge on any atom is 0.244 e. The number of benzene rings is 2. The van der Waals surface area contributed by atoms with Crippen molar-refractivity contribution < 1.29 is 18.0 Å². The predicted molar refractivity (Wildman–Crippen MR) is 138 cm³/mol. The molecule has 0 saturated carbocycles. The van der Waals surface area contributed by atoms with Crippen molar-refractivity contribution in [2.45, 2.75) is 32.9 Å². The van der Waals surface area contributed by atoms with Crippen LogP contribution in [0.2, 0.25) is 20.1 Å². The third-order valence-corrected chi connectivity index (χ3v) is 7.33. The van der Waals surface area contributed by atoms with Gasteiger partial charge < -0.3 is 10.2 Å². The SMILES string of the molecule is CCNC(=O)[C@H](CC)N(Cc1ccc(Cl)c(Cl)c1)C(=O)CN(c1ccc(Cl)cc1Cl)S(C)(=O)=O. The highest BCUT2D eigenvalue weighted by Crippen LogP contribution is 2.31. The largest absolute Gasteiger partial charge is 0.355 e. The van der Waals surface area contributed by atoms with Gasteiger partial charge in [0.25, 0.3) is 0 Å². The molecule has 2 rings (SSSR count). The summed E-state index contributed by atoms with van der Waals surface area (Å²) in [4.78, 5) is 27.6. The highest BCUT2D eigenvalue weighted by atomic mass is 35.5. The normalized spacial score (nSPS) is 12.2. The third-order valence-electron chi connectivity index (χ3n) is 4.93. The first kappa shape index (κ1) is 28.5. The standard InChI is InChI=1S/C22H25Cl4N3O4S/c1-4-19(22(31)27-5-2)28(12-14-6-8-16(24)17(25)10-14)21(30)13-29(34(3,32)33)20-9-7-15(23)11-18(20)26/h6-11,19H,4-5,12-13H2,1-3H3,(H,27,31)/t19-/m0/s1. The van der Waals surface area contributed by atoms with E-state index in [1.54, 1.807) is 32.0 Å². The Morgan fingerprint density at radius 2 is 1.65 bits per heavy atom. The van der Waals surface area contributed by atoms with Crippen LogP contribution in [0, 0.1) is 0 Å². The average molecular weight is 569 g/mol. The molecule has 0 aromatic heterocycles. The van der Waals surface area contributed by atoms with E-state index in [9.17, 15) is 18.0 Å². The van der Waals surface area contributed by atoms with Gasteiger partial charge in [0, 0.05) is 18.1 Å². The first-order valence-electron chi connectivity index (χ1n) is 10.3. The number of nitrogens with one attached hydrogen (secondary N) is 1. The number of carbonyl (C=O) groups is 2. The maximum atomic E-state index is 13.5. The van der Waals surface area contributed by atoms with Crippen LogP contribution in [-0.4, -0.2) is 50.5 Å². The Morgan fingerprint density at radius 1 is 0.971 bits per heavy atom. The van der Waals surface area contributed by atoms with Crippen molar-refractivity contribution in [3.8, 4) is 0 Å². The Balaban J connectivity index is 2.48. The second-order valence-corrected chi connectivity index (χ2v) is 11.0. The van der Waals surface area contributed by atoms with E-state index in [2.05, 4.69) is 5.32 Å². The smallest absolute Gasteiger partial charge is 0.244 e. The van der Waals surface area contributed by atoms with E-state index >= 15 is 0 Å². The number of rotatable bonds is 10. The van der Waals surface area contributed by atoms with Crippen LogP contribution >= 0.6 is 46.4 Å². The van der Waals surface area contributed by atoms with Crippen molar-refractivity contribution >= 4 is 73.9 Å². The average Bonchev–Trinajstić information content (AvgIpc) is 2.74. The van der Waals surface area contributed by atoms with E-state index in [0.717, 1.165) is 10.6 Å². The number of sulfonamides is 1. The number of likely N-dealkylation sites (N-methyl/N-ethyl adjacent to an activating group) is 1. The fourth-order valence-corrected chi connectivity index (χ4v) is 5.07. The molecule has 186 valence electrons. The lowest BCUT2D eigenvalue weighted by Gasteiger charge is -2.33. The summed E-state index contributed by atoms with van der Waals surface area (Å²) in [7, 11) is -3.91. The molecular formula is C22H25Cl4N3O4S. The zero-order valence-corrected chi connectivity index (χ0v) is 22.7. The van der Waals surface area contributed by atoms with Crippen LogP contribution in [0.3, 0.4) is 0 Å². The highest BCUT2D eigenvalue weighted by Gasteiger charge is 2.32. The van der Waals surface area contributed by atoms with Gasteiger partial charge in [-0.1, -0.05) is 59.4 Å². The van der Waals surface area contributed by atoms with Gasteiger partial charge in [0.2, 0.25) is 21.8 Å². The molecule has 7 nitrogen and oxygen atoms in total. The van der Waals surface area contributed by atoms with Crippen LogP contribution in [0.1, 0.15) is 25.8 Å². The van der Waals surface area contributed by atoms with Gasteiger partial charge in [0.05, 0.1) is 27.0 Å². The lowest BCUT2D eigenvalue weighted by molar-refractivity contribution is -0.140. The summed E-state index contributed by atoms with van der Waals surface area (Å²) in [5.74, 6) is -0.950. The van der Waals surface area contributed by atoms with Gasteiger partial charge in [-0.15, -0.1) is 0 Å². The lowest BCUT2D eigenvalue weighted by Crippen LogP contribution is -2.52. The zero-order valence-electron chi connectivity index (χ0n) is 18.8. The molecular weight excluding hydrogens is 544 g/mol. The van der Waals surface area contributed by atoms with Crippen LogP contribution in [0.5, 0.6) is 0 Å². The summed E-state index contributed by atoms with van der Waals surface area (Å²) in [6, 6.07) is 8.31. The molecule has 0 aliphatic rings. The Kier molecular flexibility index (Phi) is 10.3. The second kappa shape index (κ2) is 12.3.